The van der Waals surface area contributed by atoms with Crippen LogP contribution in [0.3, 0.4) is 0 Å². The summed E-state index contributed by atoms with van der Waals surface area (Å²) >= 11 is 4.71. The van der Waals surface area contributed by atoms with Gasteiger partial charge in [-0.1, -0.05) is 19.1 Å². The molecule has 5 heteroatoms. The van der Waals surface area contributed by atoms with Crippen LogP contribution < -0.4 is 4.74 Å². The lowest BCUT2D eigenvalue weighted by molar-refractivity contribution is 0.218. The second-order valence-corrected chi connectivity index (χ2v) is 5.53. The van der Waals surface area contributed by atoms with Crippen molar-refractivity contribution in [1.29, 1.82) is 0 Å². The Morgan fingerprint density at radius 1 is 1.50 bits per heavy atom. The van der Waals surface area contributed by atoms with E-state index in [4.69, 9.17) is 4.74 Å². The second-order valence-electron chi connectivity index (χ2n) is 3.83. The van der Waals surface area contributed by atoms with Crippen LogP contribution in [0.1, 0.15) is 30.0 Å². The molecule has 1 aromatic carbocycles. The number of aliphatic hydroxyl groups excluding tert-OH is 1. The summed E-state index contributed by atoms with van der Waals surface area (Å²) in [5.41, 5.74) is 0.797. The van der Waals surface area contributed by atoms with Crippen molar-refractivity contribution >= 4 is 27.3 Å². The lowest BCUT2D eigenvalue weighted by Crippen LogP contribution is -2.00. The van der Waals surface area contributed by atoms with Gasteiger partial charge in [-0.15, -0.1) is 11.3 Å². The molecule has 96 valence electrons. The number of hydrogen-bond acceptors (Lipinski definition) is 4. The van der Waals surface area contributed by atoms with E-state index in [0.717, 1.165) is 22.3 Å². The summed E-state index contributed by atoms with van der Waals surface area (Å²) in [5.74, 6) is 0.782. The van der Waals surface area contributed by atoms with Gasteiger partial charge in [0.05, 0.1) is 6.61 Å². The molecule has 1 atom stereocenters. The summed E-state index contributed by atoms with van der Waals surface area (Å²) in [7, 11) is 0. The second kappa shape index (κ2) is 6.31. The molecule has 1 N–H and O–H groups in total. The molecule has 0 saturated heterocycles. The lowest BCUT2D eigenvalue weighted by atomic mass is 10.1. The van der Waals surface area contributed by atoms with Gasteiger partial charge in [-0.05, 0) is 40.0 Å². The Labute approximate surface area is 119 Å². The molecule has 0 saturated carbocycles. The third kappa shape index (κ3) is 3.31. The van der Waals surface area contributed by atoms with E-state index in [9.17, 15) is 5.11 Å². The van der Waals surface area contributed by atoms with E-state index in [0.29, 0.717) is 11.6 Å². The summed E-state index contributed by atoms with van der Waals surface area (Å²) < 4.78 is 6.30. The van der Waals surface area contributed by atoms with E-state index in [1.54, 1.807) is 0 Å². The molecule has 0 radical (unpaired) electrons. The van der Waals surface area contributed by atoms with Crippen molar-refractivity contribution in [2.24, 2.45) is 0 Å². The zero-order valence-corrected chi connectivity index (χ0v) is 12.4. The Morgan fingerprint density at radius 2 is 2.33 bits per heavy atom. The highest BCUT2D eigenvalue weighted by atomic mass is 79.9. The Bertz CT molecular complexity index is 515. The van der Waals surface area contributed by atoms with Crippen LogP contribution in [0, 0.1) is 0 Å². The van der Waals surface area contributed by atoms with Gasteiger partial charge in [0.25, 0.3) is 0 Å². The van der Waals surface area contributed by atoms with Gasteiger partial charge in [-0.3, -0.25) is 0 Å². The maximum Gasteiger partial charge on any atom is 0.131 e. The monoisotopic (exact) mass is 327 g/mol. The molecular formula is C13H14BrNO2S. The predicted octanol–water partition coefficient (Wildman–Crippen LogP) is 3.78. The molecule has 1 unspecified atom stereocenters. The van der Waals surface area contributed by atoms with Gasteiger partial charge in [0, 0.05) is 5.38 Å². The summed E-state index contributed by atoms with van der Waals surface area (Å²) in [6, 6.07) is 7.50. The van der Waals surface area contributed by atoms with Crippen LogP contribution in [0.5, 0.6) is 5.75 Å². The molecule has 0 spiro atoms. The first-order chi connectivity index (χ1) is 8.70. The van der Waals surface area contributed by atoms with Gasteiger partial charge in [-0.2, -0.15) is 0 Å². The summed E-state index contributed by atoms with van der Waals surface area (Å²) in [6.07, 6.45) is 0.262. The van der Waals surface area contributed by atoms with Gasteiger partial charge >= 0.3 is 0 Å². The third-order valence-electron chi connectivity index (χ3n) is 2.37. The van der Waals surface area contributed by atoms with Crippen molar-refractivity contribution in [3.05, 3.63) is 44.8 Å². The fraction of sp³-hybridized carbons (Fsp3) is 0.308. The number of rotatable bonds is 5. The Kier molecular flexibility index (Phi) is 4.74. The number of thiazole rings is 1. The van der Waals surface area contributed by atoms with E-state index >= 15 is 0 Å². The molecule has 18 heavy (non-hydrogen) atoms. The highest BCUT2D eigenvalue weighted by Gasteiger charge is 2.14. The minimum absolute atomic E-state index is 0.675. The number of aliphatic hydroxyl groups is 1. The summed E-state index contributed by atoms with van der Waals surface area (Å²) in [5, 5.41) is 12.8. The zero-order chi connectivity index (χ0) is 13.0. The molecule has 0 fully saturated rings. The van der Waals surface area contributed by atoms with Crippen LogP contribution in [0.2, 0.25) is 0 Å². The van der Waals surface area contributed by atoms with Gasteiger partial charge in [0.15, 0.2) is 0 Å². The van der Waals surface area contributed by atoms with Gasteiger partial charge in [0.1, 0.15) is 21.5 Å². The molecule has 2 rings (SSSR count). The first-order valence-electron chi connectivity index (χ1n) is 5.72. The molecule has 0 aliphatic carbocycles. The van der Waals surface area contributed by atoms with Crippen molar-refractivity contribution in [2.75, 3.05) is 6.61 Å². The van der Waals surface area contributed by atoms with Crippen molar-refractivity contribution in [3.63, 3.8) is 0 Å². The summed E-state index contributed by atoms with van der Waals surface area (Å²) in [4.78, 5) is 4.22. The van der Waals surface area contributed by atoms with Crippen LogP contribution in [0.25, 0.3) is 0 Å². The number of aromatic nitrogens is 1. The Morgan fingerprint density at radius 3 is 3.00 bits per heavy atom. The van der Waals surface area contributed by atoms with E-state index in [1.165, 1.54) is 11.3 Å². The Hall–Kier alpha value is -0.910. The molecule has 0 bridgehead atoms. The van der Waals surface area contributed by atoms with E-state index < -0.39 is 6.10 Å². The summed E-state index contributed by atoms with van der Waals surface area (Å²) in [6.45, 7) is 2.74. The fourth-order valence-corrected chi connectivity index (χ4v) is 2.80. The standard InChI is InChI=1S/C13H14BrNO2S/c1-2-6-17-10-5-3-4-9(7-10)12(16)13-15-11(14)8-18-13/h3-5,7-8,12,16H,2,6H2,1H3. The average Bonchev–Trinajstić information content (AvgIpc) is 2.82. The molecule has 1 heterocycles. The van der Waals surface area contributed by atoms with E-state index in [1.807, 2.05) is 29.6 Å². The maximum atomic E-state index is 10.2. The minimum Gasteiger partial charge on any atom is -0.494 e. The number of halogens is 1. The number of benzene rings is 1. The fourth-order valence-electron chi connectivity index (χ4n) is 1.53. The van der Waals surface area contributed by atoms with Crippen LogP contribution in [0.4, 0.5) is 0 Å². The highest BCUT2D eigenvalue weighted by molar-refractivity contribution is 9.10. The zero-order valence-electron chi connectivity index (χ0n) is 9.97. The van der Waals surface area contributed by atoms with Crippen LogP contribution in [-0.4, -0.2) is 16.7 Å². The number of nitrogens with zero attached hydrogens (tertiary/aromatic N) is 1. The van der Waals surface area contributed by atoms with Crippen LogP contribution in [0.15, 0.2) is 34.2 Å². The number of hydrogen-bond donors (Lipinski definition) is 1. The SMILES string of the molecule is CCCOc1cccc(C(O)c2nc(Br)cs2)c1. The topological polar surface area (TPSA) is 42.4 Å². The molecule has 2 aromatic rings. The van der Waals surface area contributed by atoms with Crippen molar-refractivity contribution in [2.45, 2.75) is 19.4 Å². The maximum absolute atomic E-state index is 10.2. The molecular weight excluding hydrogens is 314 g/mol. The van der Waals surface area contributed by atoms with E-state index in [2.05, 4.69) is 27.8 Å². The average molecular weight is 328 g/mol. The first-order valence-corrected chi connectivity index (χ1v) is 7.39. The molecule has 3 nitrogen and oxygen atoms in total. The smallest absolute Gasteiger partial charge is 0.131 e. The Balaban J connectivity index is 2.17. The molecule has 0 amide bonds. The quantitative estimate of drug-likeness (QED) is 0.908. The highest BCUT2D eigenvalue weighted by Crippen LogP contribution is 2.28. The minimum atomic E-state index is -0.702. The van der Waals surface area contributed by atoms with Crippen molar-refractivity contribution < 1.29 is 9.84 Å². The first kappa shape index (κ1) is 13.5. The van der Waals surface area contributed by atoms with Crippen molar-refractivity contribution in [3.8, 4) is 5.75 Å². The van der Waals surface area contributed by atoms with Gasteiger partial charge < -0.3 is 9.84 Å². The van der Waals surface area contributed by atoms with Crippen molar-refractivity contribution in [1.82, 2.24) is 4.98 Å². The predicted molar refractivity (Wildman–Crippen MR) is 76.1 cm³/mol. The van der Waals surface area contributed by atoms with E-state index in [-0.39, 0.29) is 0 Å². The molecule has 0 aliphatic rings. The van der Waals surface area contributed by atoms with Gasteiger partial charge in [0.2, 0.25) is 0 Å². The van der Waals surface area contributed by atoms with Gasteiger partial charge in [-0.25, -0.2) is 4.98 Å². The lowest BCUT2D eigenvalue weighted by Gasteiger charge is -2.10. The van der Waals surface area contributed by atoms with Crippen LogP contribution in [-0.2, 0) is 0 Å². The van der Waals surface area contributed by atoms with Crippen LogP contribution >= 0.6 is 27.3 Å². The normalized spacial score (nSPS) is 12.4. The molecule has 0 aliphatic heterocycles. The third-order valence-corrected chi connectivity index (χ3v) is 3.98. The largest absolute Gasteiger partial charge is 0.494 e. The molecule has 1 aromatic heterocycles. The number of ether oxygens (including phenoxy) is 1.